The highest BCUT2D eigenvalue weighted by Crippen LogP contribution is 2.14. The summed E-state index contributed by atoms with van der Waals surface area (Å²) in [6.07, 6.45) is 4.12. The van der Waals surface area contributed by atoms with Crippen LogP contribution in [-0.4, -0.2) is 12.1 Å². The van der Waals surface area contributed by atoms with Crippen LogP contribution in [0, 0.1) is 0 Å². The van der Waals surface area contributed by atoms with Crippen LogP contribution in [0.25, 0.3) is 23.1 Å². The van der Waals surface area contributed by atoms with Crippen LogP contribution in [0.4, 0.5) is 0 Å². The number of ether oxygens (including phenoxy) is 1. The molecule has 104 valence electrons. The van der Waals surface area contributed by atoms with E-state index in [1.807, 2.05) is 30.3 Å². The Morgan fingerprint density at radius 1 is 0.905 bits per heavy atom. The van der Waals surface area contributed by atoms with Crippen molar-refractivity contribution in [2.75, 3.05) is 7.11 Å². The van der Waals surface area contributed by atoms with Gasteiger partial charge >= 0.3 is 0 Å². The number of rotatable bonds is 4. The highest BCUT2D eigenvalue weighted by Gasteiger charge is 1.95. The lowest BCUT2D eigenvalue weighted by atomic mass is 10.1. The second kappa shape index (κ2) is 6.33. The minimum absolute atomic E-state index is 0.649. The number of hydrogen-bond acceptors (Lipinski definition) is 2. The molecule has 0 aliphatic carbocycles. The van der Waals surface area contributed by atoms with Crippen molar-refractivity contribution in [1.29, 1.82) is 0 Å². The molecule has 0 fully saturated rings. The van der Waals surface area contributed by atoms with Gasteiger partial charge in [0, 0.05) is 12.5 Å². The summed E-state index contributed by atoms with van der Waals surface area (Å²) in [4.78, 5) is 4.63. The van der Waals surface area contributed by atoms with Gasteiger partial charge in [0.25, 0.3) is 0 Å². The molecule has 0 radical (unpaired) electrons. The van der Waals surface area contributed by atoms with E-state index in [9.17, 15) is 0 Å². The van der Waals surface area contributed by atoms with Gasteiger partial charge in [0.05, 0.1) is 17.8 Å². The van der Waals surface area contributed by atoms with Crippen molar-refractivity contribution < 1.29 is 4.74 Å². The van der Waals surface area contributed by atoms with E-state index in [-0.39, 0.29) is 0 Å². The molecule has 2 nitrogen and oxygen atoms in total. The van der Waals surface area contributed by atoms with Crippen LogP contribution >= 0.6 is 0 Å². The molecule has 0 saturated carbocycles. The molecule has 2 aromatic carbocycles. The highest BCUT2D eigenvalue weighted by atomic mass is 16.5. The van der Waals surface area contributed by atoms with Crippen LogP contribution in [0.2, 0.25) is 0 Å². The van der Waals surface area contributed by atoms with Crippen LogP contribution in [0.15, 0.2) is 60.7 Å². The zero-order valence-corrected chi connectivity index (χ0v) is 12.0. The van der Waals surface area contributed by atoms with Crippen molar-refractivity contribution in [2.45, 2.75) is 6.61 Å². The Balaban J connectivity index is 1.80. The molecule has 3 aromatic rings. The number of benzene rings is 2. The molecular formula is C19H17NO. The van der Waals surface area contributed by atoms with Gasteiger partial charge in [-0.25, -0.2) is 4.98 Å². The number of pyridine rings is 1. The van der Waals surface area contributed by atoms with Gasteiger partial charge in [0.1, 0.15) is 0 Å². The predicted octanol–water partition coefficient (Wildman–Crippen LogP) is 4.55. The van der Waals surface area contributed by atoms with E-state index in [2.05, 4.69) is 47.5 Å². The van der Waals surface area contributed by atoms with Gasteiger partial charge in [-0.15, -0.1) is 0 Å². The summed E-state index contributed by atoms with van der Waals surface area (Å²) in [7, 11) is 1.71. The van der Waals surface area contributed by atoms with Crippen LogP contribution in [0.3, 0.4) is 0 Å². The third kappa shape index (κ3) is 3.36. The van der Waals surface area contributed by atoms with Gasteiger partial charge in [-0.3, -0.25) is 0 Å². The summed E-state index contributed by atoms with van der Waals surface area (Å²) >= 11 is 0. The third-order valence-corrected chi connectivity index (χ3v) is 3.36. The lowest BCUT2D eigenvalue weighted by molar-refractivity contribution is 0.185. The fourth-order valence-electron chi connectivity index (χ4n) is 2.25. The Kier molecular flexibility index (Phi) is 4.08. The lowest BCUT2D eigenvalue weighted by Crippen LogP contribution is -1.86. The second-order valence-electron chi connectivity index (χ2n) is 4.94. The SMILES string of the molecule is COCc1ccc(/C=C/c2ccc3ccccc3n2)cc1. The van der Waals surface area contributed by atoms with Crippen LogP contribution in [0.1, 0.15) is 16.8 Å². The van der Waals surface area contributed by atoms with E-state index in [1.54, 1.807) is 7.11 Å². The van der Waals surface area contributed by atoms with E-state index in [0.717, 1.165) is 16.8 Å². The average Bonchev–Trinajstić information content (AvgIpc) is 2.54. The van der Waals surface area contributed by atoms with Crippen molar-refractivity contribution in [3.63, 3.8) is 0 Å². The Hall–Kier alpha value is -2.45. The van der Waals surface area contributed by atoms with Crippen molar-refractivity contribution in [1.82, 2.24) is 4.98 Å². The Morgan fingerprint density at radius 2 is 1.71 bits per heavy atom. The summed E-state index contributed by atoms with van der Waals surface area (Å²) in [6, 6.07) is 20.6. The fraction of sp³-hybridized carbons (Fsp3) is 0.105. The minimum Gasteiger partial charge on any atom is -0.380 e. The van der Waals surface area contributed by atoms with E-state index in [4.69, 9.17) is 4.74 Å². The van der Waals surface area contributed by atoms with Gasteiger partial charge in [0.15, 0.2) is 0 Å². The molecule has 21 heavy (non-hydrogen) atoms. The molecule has 0 unspecified atom stereocenters. The molecule has 1 heterocycles. The largest absolute Gasteiger partial charge is 0.380 e. The summed E-state index contributed by atoms with van der Waals surface area (Å²) in [5, 5.41) is 1.17. The van der Waals surface area contributed by atoms with Gasteiger partial charge in [-0.05, 0) is 29.3 Å². The molecule has 0 N–H and O–H groups in total. The summed E-state index contributed by atoms with van der Waals surface area (Å²) < 4.78 is 5.11. The van der Waals surface area contributed by atoms with Crippen LogP contribution in [-0.2, 0) is 11.3 Å². The molecular weight excluding hydrogens is 258 g/mol. The number of methoxy groups -OCH3 is 1. The first-order chi connectivity index (χ1) is 10.3. The fourth-order valence-corrected chi connectivity index (χ4v) is 2.25. The zero-order valence-electron chi connectivity index (χ0n) is 12.0. The maximum absolute atomic E-state index is 5.11. The van der Waals surface area contributed by atoms with Crippen molar-refractivity contribution in [3.05, 3.63) is 77.5 Å². The molecule has 0 atom stereocenters. The monoisotopic (exact) mass is 275 g/mol. The molecule has 0 aliphatic heterocycles. The van der Waals surface area contributed by atoms with E-state index in [0.29, 0.717) is 6.61 Å². The molecule has 0 spiro atoms. The standard InChI is InChI=1S/C19H17NO/c1-21-14-16-8-6-15(7-9-16)10-12-18-13-11-17-4-2-3-5-19(17)20-18/h2-13H,14H2,1H3/b12-10+. The first-order valence-electron chi connectivity index (χ1n) is 6.97. The van der Waals surface area contributed by atoms with Gasteiger partial charge < -0.3 is 4.74 Å². The van der Waals surface area contributed by atoms with Crippen LogP contribution < -0.4 is 0 Å². The van der Waals surface area contributed by atoms with E-state index in [1.165, 1.54) is 10.9 Å². The second-order valence-corrected chi connectivity index (χ2v) is 4.94. The number of aromatic nitrogens is 1. The highest BCUT2D eigenvalue weighted by molar-refractivity contribution is 5.80. The molecule has 0 saturated heterocycles. The lowest BCUT2D eigenvalue weighted by Gasteiger charge is -2.00. The number of fused-ring (bicyclic) bond motifs is 1. The Bertz CT molecular complexity index is 760. The molecule has 1 aromatic heterocycles. The molecule has 0 bridgehead atoms. The summed E-state index contributed by atoms with van der Waals surface area (Å²) in [5.41, 5.74) is 4.33. The molecule has 2 heteroatoms. The van der Waals surface area contributed by atoms with Gasteiger partial charge in [-0.2, -0.15) is 0 Å². The molecule has 3 rings (SSSR count). The minimum atomic E-state index is 0.649. The summed E-state index contributed by atoms with van der Waals surface area (Å²) in [6.45, 7) is 0.649. The topological polar surface area (TPSA) is 22.1 Å². The molecule has 0 amide bonds. The van der Waals surface area contributed by atoms with Gasteiger partial charge in [0.2, 0.25) is 0 Å². The van der Waals surface area contributed by atoms with E-state index >= 15 is 0 Å². The summed E-state index contributed by atoms with van der Waals surface area (Å²) in [5.74, 6) is 0. The number of hydrogen-bond donors (Lipinski definition) is 0. The van der Waals surface area contributed by atoms with Crippen molar-refractivity contribution >= 4 is 23.1 Å². The maximum Gasteiger partial charge on any atom is 0.0713 e. The first-order valence-corrected chi connectivity index (χ1v) is 6.97. The van der Waals surface area contributed by atoms with Crippen LogP contribution in [0.5, 0.6) is 0 Å². The quantitative estimate of drug-likeness (QED) is 0.696. The zero-order chi connectivity index (χ0) is 14.5. The number of para-hydroxylation sites is 1. The van der Waals surface area contributed by atoms with Crippen molar-refractivity contribution in [3.8, 4) is 0 Å². The van der Waals surface area contributed by atoms with Gasteiger partial charge in [-0.1, -0.05) is 54.6 Å². The average molecular weight is 275 g/mol. The Labute approximate surface area is 124 Å². The predicted molar refractivity (Wildman–Crippen MR) is 87.8 cm³/mol. The van der Waals surface area contributed by atoms with Crippen molar-refractivity contribution in [2.24, 2.45) is 0 Å². The first kappa shape index (κ1) is 13.5. The Morgan fingerprint density at radius 3 is 2.52 bits per heavy atom. The normalized spacial score (nSPS) is 11.3. The van der Waals surface area contributed by atoms with E-state index < -0.39 is 0 Å². The third-order valence-electron chi connectivity index (χ3n) is 3.36. The maximum atomic E-state index is 5.11. The molecule has 0 aliphatic rings. The smallest absolute Gasteiger partial charge is 0.0713 e. The number of nitrogens with zero attached hydrogens (tertiary/aromatic N) is 1.